The summed E-state index contributed by atoms with van der Waals surface area (Å²) in [6.07, 6.45) is 7.37. The van der Waals surface area contributed by atoms with Crippen molar-refractivity contribution in [3.05, 3.63) is 23.7 Å². The monoisotopic (exact) mass is 231 g/mol. The molecule has 2 N–H and O–H groups in total. The van der Waals surface area contributed by atoms with Crippen LogP contribution < -0.4 is 15.8 Å². The first-order valence-electron chi connectivity index (χ1n) is 5.69. The molecule has 0 unspecified atom stereocenters. The third kappa shape index (κ3) is 1.82. The number of nitrogens with one attached hydrogen (secondary N) is 2. The molecule has 0 aromatic carbocycles. The zero-order valence-corrected chi connectivity index (χ0v) is 9.31. The van der Waals surface area contributed by atoms with Crippen molar-refractivity contribution in [3.63, 3.8) is 0 Å². The van der Waals surface area contributed by atoms with E-state index in [0.717, 1.165) is 13.1 Å². The minimum atomic E-state index is -0.210. The summed E-state index contributed by atoms with van der Waals surface area (Å²) in [6.45, 7) is 1.99. The third-order valence-corrected chi connectivity index (χ3v) is 2.95. The Labute approximate surface area is 98.7 Å². The van der Waals surface area contributed by atoms with Crippen LogP contribution in [0.15, 0.2) is 12.4 Å². The molecule has 3 heterocycles. The number of hydrogen-bond donors (Lipinski definition) is 2. The molecule has 6 nitrogen and oxygen atoms in total. The van der Waals surface area contributed by atoms with Gasteiger partial charge >= 0.3 is 0 Å². The highest BCUT2D eigenvalue weighted by molar-refractivity contribution is 5.97. The van der Waals surface area contributed by atoms with Gasteiger partial charge in [0.15, 0.2) is 0 Å². The van der Waals surface area contributed by atoms with Gasteiger partial charge in [-0.1, -0.05) is 0 Å². The Morgan fingerprint density at radius 2 is 2.12 bits per heavy atom. The molecular weight excluding hydrogens is 218 g/mol. The summed E-state index contributed by atoms with van der Waals surface area (Å²) in [5, 5.41) is 0. The molecule has 17 heavy (non-hydrogen) atoms. The fraction of sp³-hybridized carbons (Fsp3) is 0.364. The van der Waals surface area contributed by atoms with E-state index in [4.69, 9.17) is 0 Å². The molecular formula is C11H13N5O. The molecule has 1 fully saturated rings. The van der Waals surface area contributed by atoms with Gasteiger partial charge in [0.25, 0.3) is 5.91 Å². The van der Waals surface area contributed by atoms with Crippen molar-refractivity contribution in [3.8, 4) is 0 Å². The molecule has 88 valence electrons. The van der Waals surface area contributed by atoms with E-state index in [1.54, 1.807) is 18.5 Å². The average Bonchev–Trinajstić information content (AvgIpc) is 2.82. The van der Waals surface area contributed by atoms with E-state index in [9.17, 15) is 4.79 Å². The molecule has 0 aliphatic carbocycles. The van der Waals surface area contributed by atoms with Crippen molar-refractivity contribution >= 4 is 17.9 Å². The molecule has 0 bridgehead atoms. The van der Waals surface area contributed by atoms with Gasteiger partial charge in [0.2, 0.25) is 5.95 Å². The lowest BCUT2D eigenvalue weighted by Gasteiger charge is -2.15. The van der Waals surface area contributed by atoms with Crippen LogP contribution in [-0.4, -0.2) is 29.0 Å². The average molecular weight is 231 g/mol. The standard InChI is InChI=1S/C11H13N5O/c17-10-8-7-12-11(16-5-1-2-6-16)14-9(8)3-4-13-15-10/h3-4,7,13H,1-2,5-6H2,(H,15,17). The summed E-state index contributed by atoms with van der Waals surface area (Å²) in [7, 11) is 0. The summed E-state index contributed by atoms with van der Waals surface area (Å²) in [5.41, 5.74) is 6.34. The van der Waals surface area contributed by atoms with Crippen molar-refractivity contribution in [2.45, 2.75) is 12.8 Å². The largest absolute Gasteiger partial charge is 0.341 e. The second kappa shape index (κ2) is 4.04. The maximum atomic E-state index is 11.6. The Bertz CT molecular complexity index is 479. The van der Waals surface area contributed by atoms with Crippen LogP contribution in [0, 0.1) is 0 Å². The van der Waals surface area contributed by atoms with Crippen LogP contribution in [0.2, 0.25) is 0 Å². The second-order valence-electron chi connectivity index (χ2n) is 4.09. The molecule has 1 amide bonds. The van der Waals surface area contributed by atoms with E-state index in [1.807, 2.05) is 0 Å². The molecule has 0 radical (unpaired) electrons. The molecule has 2 aliphatic rings. The summed E-state index contributed by atoms with van der Waals surface area (Å²) < 4.78 is 0. The zero-order valence-electron chi connectivity index (χ0n) is 9.31. The summed E-state index contributed by atoms with van der Waals surface area (Å²) in [6, 6.07) is 0. The molecule has 0 atom stereocenters. The summed E-state index contributed by atoms with van der Waals surface area (Å²) in [5.74, 6) is 0.499. The lowest BCUT2D eigenvalue weighted by atomic mass is 10.2. The van der Waals surface area contributed by atoms with Gasteiger partial charge in [0.1, 0.15) is 0 Å². The fourth-order valence-corrected chi connectivity index (χ4v) is 2.05. The Kier molecular flexibility index (Phi) is 2.40. The quantitative estimate of drug-likeness (QED) is 0.727. The minimum Gasteiger partial charge on any atom is -0.341 e. The van der Waals surface area contributed by atoms with Crippen molar-refractivity contribution in [2.24, 2.45) is 0 Å². The van der Waals surface area contributed by atoms with Gasteiger partial charge in [-0.2, -0.15) is 0 Å². The Balaban J connectivity index is 1.99. The van der Waals surface area contributed by atoms with E-state index in [-0.39, 0.29) is 5.91 Å². The van der Waals surface area contributed by atoms with E-state index >= 15 is 0 Å². The molecule has 1 aromatic rings. The van der Waals surface area contributed by atoms with Crippen LogP contribution in [0.5, 0.6) is 0 Å². The lowest BCUT2D eigenvalue weighted by Crippen LogP contribution is -2.32. The predicted octanol–water partition coefficient (Wildman–Crippen LogP) is 0.295. The van der Waals surface area contributed by atoms with E-state index < -0.39 is 0 Å². The number of anilines is 1. The van der Waals surface area contributed by atoms with Gasteiger partial charge in [-0.15, -0.1) is 0 Å². The van der Waals surface area contributed by atoms with Gasteiger partial charge in [-0.05, 0) is 18.9 Å². The molecule has 0 saturated carbocycles. The first kappa shape index (κ1) is 10.1. The molecule has 6 heteroatoms. The number of aromatic nitrogens is 2. The second-order valence-corrected chi connectivity index (χ2v) is 4.09. The highest BCUT2D eigenvalue weighted by Crippen LogP contribution is 2.18. The Morgan fingerprint density at radius 3 is 2.94 bits per heavy atom. The highest BCUT2D eigenvalue weighted by atomic mass is 16.2. The fourth-order valence-electron chi connectivity index (χ4n) is 2.05. The number of hydrazine groups is 1. The van der Waals surface area contributed by atoms with E-state index in [1.165, 1.54) is 12.8 Å². The first-order valence-corrected chi connectivity index (χ1v) is 5.69. The van der Waals surface area contributed by atoms with Gasteiger partial charge in [0, 0.05) is 25.5 Å². The van der Waals surface area contributed by atoms with Gasteiger partial charge in [-0.3, -0.25) is 10.2 Å². The van der Waals surface area contributed by atoms with Crippen molar-refractivity contribution < 1.29 is 4.79 Å². The van der Waals surface area contributed by atoms with Crippen LogP contribution >= 0.6 is 0 Å². The number of amides is 1. The number of fused-ring (bicyclic) bond motifs is 1. The van der Waals surface area contributed by atoms with Gasteiger partial charge in [-0.25, -0.2) is 9.97 Å². The molecule has 1 saturated heterocycles. The smallest absolute Gasteiger partial charge is 0.273 e. The van der Waals surface area contributed by atoms with Crippen LogP contribution in [0.1, 0.15) is 28.9 Å². The van der Waals surface area contributed by atoms with Crippen molar-refractivity contribution in [1.29, 1.82) is 0 Å². The number of nitrogens with zero attached hydrogens (tertiary/aromatic N) is 3. The molecule has 1 aromatic heterocycles. The maximum Gasteiger partial charge on any atom is 0.273 e. The Morgan fingerprint density at radius 1 is 1.29 bits per heavy atom. The van der Waals surface area contributed by atoms with Crippen LogP contribution in [0.25, 0.3) is 6.08 Å². The summed E-state index contributed by atoms with van der Waals surface area (Å²) in [4.78, 5) is 22.5. The number of rotatable bonds is 1. The zero-order chi connectivity index (χ0) is 11.7. The molecule has 3 rings (SSSR count). The lowest BCUT2D eigenvalue weighted by molar-refractivity contribution is 0.0941. The number of carbonyl (C=O) groups excluding carboxylic acids is 1. The third-order valence-electron chi connectivity index (χ3n) is 2.95. The summed E-state index contributed by atoms with van der Waals surface area (Å²) >= 11 is 0. The van der Waals surface area contributed by atoms with Gasteiger partial charge < -0.3 is 10.3 Å². The van der Waals surface area contributed by atoms with E-state index in [0.29, 0.717) is 17.2 Å². The predicted molar refractivity (Wildman–Crippen MR) is 63.1 cm³/mol. The first-order chi connectivity index (χ1) is 8.34. The number of carbonyl (C=O) groups is 1. The van der Waals surface area contributed by atoms with Crippen LogP contribution in [0.3, 0.4) is 0 Å². The van der Waals surface area contributed by atoms with Gasteiger partial charge in [0.05, 0.1) is 11.3 Å². The van der Waals surface area contributed by atoms with Crippen molar-refractivity contribution in [1.82, 2.24) is 20.8 Å². The van der Waals surface area contributed by atoms with Crippen molar-refractivity contribution in [2.75, 3.05) is 18.0 Å². The molecule has 0 spiro atoms. The minimum absolute atomic E-state index is 0.210. The normalized spacial score (nSPS) is 18.4. The SMILES string of the molecule is O=C1NNC=Cc2nc(N3CCCC3)ncc21. The molecule has 2 aliphatic heterocycles. The Hall–Kier alpha value is -2.11. The maximum absolute atomic E-state index is 11.6. The number of hydrogen-bond acceptors (Lipinski definition) is 5. The highest BCUT2D eigenvalue weighted by Gasteiger charge is 2.19. The van der Waals surface area contributed by atoms with Crippen LogP contribution in [-0.2, 0) is 0 Å². The van der Waals surface area contributed by atoms with E-state index in [2.05, 4.69) is 25.7 Å². The van der Waals surface area contributed by atoms with Crippen LogP contribution in [0.4, 0.5) is 5.95 Å². The topological polar surface area (TPSA) is 70.2 Å².